The van der Waals surface area contributed by atoms with Crippen molar-refractivity contribution in [2.24, 2.45) is 10.8 Å². The van der Waals surface area contributed by atoms with Crippen LogP contribution >= 0.6 is 27.7 Å². The Kier molecular flexibility index (Phi) is 14.7. The lowest BCUT2D eigenvalue weighted by atomic mass is 9.67. The topological polar surface area (TPSA) is 137 Å². The molecule has 1 rings (SSSR count). The summed E-state index contributed by atoms with van der Waals surface area (Å²) in [7, 11) is 0.677. The molecule has 11 heteroatoms. The Hall–Kier alpha value is -0.120. The van der Waals surface area contributed by atoms with E-state index in [0.717, 1.165) is 19.9 Å². The van der Waals surface area contributed by atoms with E-state index in [1.54, 1.807) is 0 Å². The number of carboxylic acid groups (broad SMARTS) is 2. The third-order valence-corrected chi connectivity index (χ3v) is 3.99. The summed E-state index contributed by atoms with van der Waals surface area (Å²) in [5.74, 6) is -3.25. The molecule has 0 aromatic carbocycles. The summed E-state index contributed by atoms with van der Waals surface area (Å²) in [6.07, 6.45) is -0.219. The Labute approximate surface area is 151 Å². The number of carboxylic acids is 2. The number of aliphatic carboxylic acids is 2. The molecule has 0 saturated heterocycles. The first-order chi connectivity index (χ1) is 10.9. The maximum atomic E-state index is 11.0. The third kappa shape index (κ3) is 8.31. The normalized spacial score (nSPS) is 25.7. The summed E-state index contributed by atoms with van der Waals surface area (Å²) in [6.45, 7) is 8.33. The van der Waals surface area contributed by atoms with Crippen LogP contribution in [0.4, 0.5) is 0 Å². The smallest absolute Gasteiger partial charge is 0.120 e. The molecule has 24 heavy (non-hydrogen) atoms. The molecule has 1 aliphatic rings. The second kappa shape index (κ2) is 12.3. The van der Waals surface area contributed by atoms with Gasteiger partial charge < -0.3 is 24.4 Å². The van der Waals surface area contributed by atoms with Crippen LogP contribution in [0.2, 0.25) is 0 Å². The van der Waals surface area contributed by atoms with Crippen LogP contribution in [0.5, 0.6) is 0 Å². The Morgan fingerprint density at radius 3 is 1.62 bits per heavy atom. The van der Waals surface area contributed by atoms with Crippen LogP contribution in [0, 0.1) is 10.8 Å². The van der Waals surface area contributed by atoms with Gasteiger partial charge in [0.15, 0.2) is 0 Å². The van der Waals surface area contributed by atoms with Gasteiger partial charge in [-0.2, -0.15) is 0 Å². The fourth-order valence-corrected chi connectivity index (χ4v) is 3.05. The molecule has 7 nitrogen and oxygen atoms in total. The van der Waals surface area contributed by atoms with Gasteiger partial charge in [0.1, 0.15) is 10.1 Å². The summed E-state index contributed by atoms with van der Waals surface area (Å²) in [6, 6.07) is 0. The number of allylic oxidation sites excluding steroid dienone is 1. The van der Waals surface area contributed by atoms with E-state index in [1.807, 2.05) is 47.7 Å². The van der Waals surface area contributed by atoms with Gasteiger partial charge in [0.25, 0.3) is 0 Å². The highest BCUT2D eigenvalue weighted by Gasteiger charge is 2.42. The van der Waals surface area contributed by atoms with Crippen molar-refractivity contribution in [3.05, 3.63) is 11.0 Å². The fraction of sp³-hybridized carbons (Fsp3) is 0.692. The summed E-state index contributed by atoms with van der Waals surface area (Å²) >= 11 is 0. The molecule has 0 saturated carbocycles. The first kappa shape index (κ1) is 28.7. The molecule has 1 aliphatic carbocycles. The van der Waals surface area contributed by atoms with Gasteiger partial charge in [-0.1, -0.05) is 19.9 Å². The van der Waals surface area contributed by atoms with Crippen LogP contribution in [0.3, 0.4) is 0 Å². The summed E-state index contributed by atoms with van der Waals surface area (Å²) in [5.41, 5.74) is -3.57. The van der Waals surface area contributed by atoms with Gasteiger partial charge in [-0.05, 0) is 40.6 Å². The molecule has 0 spiro atoms. The van der Waals surface area contributed by atoms with Crippen molar-refractivity contribution in [3.63, 3.8) is 0 Å². The van der Waals surface area contributed by atoms with E-state index in [9.17, 15) is 32.8 Å². The monoisotopic (exact) mass is 422 g/mol. The molecule has 0 amide bonds. The highest BCUT2D eigenvalue weighted by molar-refractivity contribution is 7.89. The number of carbonyl (C=O) groups is 2. The predicted octanol–water partition coefficient (Wildman–Crippen LogP) is -1.61. The lowest BCUT2D eigenvalue weighted by molar-refractivity contribution is -0.325. The lowest BCUT2D eigenvalue weighted by Crippen LogP contribution is -2.50. The van der Waals surface area contributed by atoms with Gasteiger partial charge in [-0.3, -0.25) is 0 Å². The van der Waals surface area contributed by atoms with Crippen LogP contribution in [-0.2, 0) is 19.7 Å². The Morgan fingerprint density at radius 1 is 1.00 bits per heavy atom. The molecule has 5 atom stereocenters. The lowest BCUT2D eigenvalue weighted by Gasteiger charge is -2.44. The molecule has 0 radical (unpaired) electrons. The van der Waals surface area contributed by atoms with Gasteiger partial charge in [0.05, 0.1) is 5.97 Å². The van der Waals surface area contributed by atoms with Gasteiger partial charge in [0.2, 0.25) is 0 Å². The quantitative estimate of drug-likeness (QED) is 0.394. The minimum absolute atomic E-state index is 0.399. The first-order valence-electron chi connectivity index (χ1n) is 7.13. The molecule has 0 N–H and O–H groups in total. The largest absolute Gasteiger partial charge is 0.744 e. The van der Waals surface area contributed by atoms with Crippen LogP contribution in [-0.4, -0.2) is 44.9 Å². The highest BCUT2D eigenvalue weighted by Crippen LogP contribution is 2.45. The molecule has 144 valence electrons. The van der Waals surface area contributed by atoms with Crippen molar-refractivity contribution < 1.29 is 32.8 Å². The van der Waals surface area contributed by atoms with Crippen molar-refractivity contribution in [2.75, 3.05) is 20.0 Å². The zero-order chi connectivity index (χ0) is 20.4. The predicted molar refractivity (Wildman–Crippen MR) is 104 cm³/mol. The standard InChI is InChI=1S/C10H14O7S.3CH5P/c1-9(7(11)12)3-6(18(15,16)17)4-10(2,5-9)8(13)14;3*1-2/h3H,4-5H2,1-2H3,(H,11,12)(H,13,14)(H,15,16,17);3*2H2,1H3. The molecule has 0 bridgehead atoms. The van der Waals surface area contributed by atoms with E-state index in [2.05, 4.69) is 0 Å². The highest BCUT2D eigenvalue weighted by atomic mass is 32.2. The van der Waals surface area contributed by atoms with Gasteiger partial charge in [0, 0.05) is 41.7 Å². The number of hydrogen-bond acceptors (Lipinski definition) is 7. The van der Waals surface area contributed by atoms with E-state index < -0.39 is 50.6 Å². The van der Waals surface area contributed by atoms with E-state index in [0.29, 0.717) is 0 Å². The summed E-state index contributed by atoms with van der Waals surface area (Å²) in [4.78, 5) is 21.2. The molecule has 0 aromatic rings. The van der Waals surface area contributed by atoms with E-state index >= 15 is 0 Å². The van der Waals surface area contributed by atoms with Crippen molar-refractivity contribution in [1.82, 2.24) is 0 Å². The van der Waals surface area contributed by atoms with Crippen molar-refractivity contribution in [1.29, 1.82) is 0 Å². The summed E-state index contributed by atoms with van der Waals surface area (Å²) in [5, 5.41) is 22.0. The Morgan fingerprint density at radius 2 is 1.38 bits per heavy atom. The van der Waals surface area contributed by atoms with Gasteiger partial charge in [-0.15, -0.1) is 0 Å². The molecule has 0 aromatic heterocycles. The van der Waals surface area contributed by atoms with Gasteiger partial charge >= 0.3 is 0 Å². The Balaban J connectivity index is -0.000000659. The average molecular weight is 422 g/mol. The fourth-order valence-electron chi connectivity index (χ4n) is 2.15. The number of carbonyl (C=O) groups excluding carboxylic acids is 2. The van der Waals surface area contributed by atoms with E-state index in [1.165, 1.54) is 0 Å². The summed E-state index contributed by atoms with van der Waals surface area (Å²) < 4.78 is 32.9. The zero-order valence-corrected chi connectivity index (χ0v) is 19.9. The number of hydrogen-bond donors (Lipinski definition) is 0. The minimum atomic E-state index is -4.91. The molecule has 5 unspecified atom stereocenters. The minimum Gasteiger partial charge on any atom is -0.744 e. The maximum Gasteiger partial charge on any atom is 0.120 e. The average Bonchev–Trinajstić information content (AvgIpc) is 2.51. The van der Waals surface area contributed by atoms with E-state index in [4.69, 9.17) is 0 Å². The van der Waals surface area contributed by atoms with Crippen molar-refractivity contribution >= 4 is 49.8 Å². The molecule has 0 fully saturated rings. The van der Waals surface area contributed by atoms with Gasteiger partial charge in [-0.25, -0.2) is 8.42 Å². The molecule has 0 aliphatic heterocycles. The SMILES string of the molecule is CC1(C(=O)[O-])C=C(S(=O)(=O)[O-])CC(C)(C(=O)[O-])C1.C[PH3+].C[PH3+].C[PH3+]. The molecular weight excluding hydrogens is 393 g/mol. The van der Waals surface area contributed by atoms with Crippen LogP contribution in [0.15, 0.2) is 11.0 Å². The number of rotatable bonds is 3. The Bertz CT molecular complexity index is 548. The second-order valence-electron chi connectivity index (χ2n) is 4.97. The molecular formula is C13H29O7P3S. The van der Waals surface area contributed by atoms with Crippen LogP contribution in [0.1, 0.15) is 26.7 Å². The second-order valence-corrected chi connectivity index (χ2v) is 6.40. The third-order valence-electron chi connectivity index (χ3n) is 3.08. The van der Waals surface area contributed by atoms with Crippen molar-refractivity contribution in [2.45, 2.75) is 26.7 Å². The van der Waals surface area contributed by atoms with Crippen LogP contribution in [0.25, 0.3) is 0 Å². The molecule has 0 heterocycles. The van der Waals surface area contributed by atoms with Crippen molar-refractivity contribution in [3.8, 4) is 0 Å². The first-order valence-corrected chi connectivity index (χ1v) is 12.8. The van der Waals surface area contributed by atoms with E-state index in [-0.39, 0.29) is 0 Å². The van der Waals surface area contributed by atoms with Crippen LogP contribution < -0.4 is 10.2 Å². The maximum absolute atomic E-state index is 11.0. The zero-order valence-electron chi connectivity index (χ0n) is 14.9.